The fourth-order valence-corrected chi connectivity index (χ4v) is 4.56. The van der Waals surface area contributed by atoms with Crippen LogP contribution in [0.2, 0.25) is 0 Å². The fraction of sp³-hybridized carbons (Fsp3) is 0.682. The minimum absolute atomic E-state index is 0.139. The summed E-state index contributed by atoms with van der Waals surface area (Å²) in [5, 5.41) is 0. The smallest absolute Gasteiger partial charge is 0.257 e. The van der Waals surface area contributed by atoms with Crippen molar-refractivity contribution >= 4 is 5.91 Å². The summed E-state index contributed by atoms with van der Waals surface area (Å²) in [5.41, 5.74) is 0.737. The molecule has 0 N–H and O–H groups in total. The van der Waals surface area contributed by atoms with Gasteiger partial charge in [0.05, 0.1) is 12.2 Å². The first-order chi connectivity index (χ1) is 12.8. The summed E-state index contributed by atoms with van der Waals surface area (Å²) in [4.78, 5) is 17.6. The molecule has 0 spiro atoms. The minimum atomic E-state index is 0.139. The summed E-state index contributed by atoms with van der Waals surface area (Å²) >= 11 is 0. The van der Waals surface area contributed by atoms with Gasteiger partial charge < -0.3 is 9.64 Å². The van der Waals surface area contributed by atoms with Gasteiger partial charge in [-0.2, -0.15) is 0 Å². The molecule has 1 unspecified atom stereocenters. The van der Waals surface area contributed by atoms with E-state index in [-0.39, 0.29) is 5.91 Å². The van der Waals surface area contributed by atoms with Crippen molar-refractivity contribution in [2.24, 2.45) is 5.92 Å². The molecule has 1 aromatic rings. The van der Waals surface area contributed by atoms with Crippen molar-refractivity contribution in [3.8, 4) is 5.75 Å². The molecule has 0 aromatic heterocycles. The van der Waals surface area contributed by atoms with Gasteiger partial charge in [0, 0.05) is 31.6 Å². The normalized spacial score (nSPS) is 24.9. The van der Waals surface area contributed by atoms with Gasteiger partial charge >= 0.3 is 0 Å². The Morgan fingerprint density at radius 1 is 0.962 bits per heavy atom. The van der Waals surface area contributed by atoms with E-state index in [9.17, 15) is 4.79 Å². The molecule has 3 aliphatic rings. The molecular formula is C22H32N2O2. The zero-order valence-electron chi connectivity index (χ0n) is 15.9. The second kappa shape index (κ2) is 8.43. The molecule has 2 heterocycles. The second-order valence-electron chi connectivity index (χ2n) is 8.25. The number of hydrogen-bond donors (Lipinski definition) is 0. The maximum absolute atomic E-state index is 12.9. The highest BCUT2D eigenvalue weighted by Crippen LogP contribution is 2.30. The fourth-order valence-electron chi connectivity index (χ4n) is 4.56. The molecule has 3 fully saturated rings. The van der Waals surface area contributed by atoms with E-state index in [1.165, 1.54) is 45.1 Å². The van der Waals surface area contributed by atoms with E-state index in [1.807, 2.05) is 29.2 Å². The predicted molar refractivity (Wildman–Crippen MR) is 104 cm³/mol. The molecule has 4 heteroatoms. The van der Waals surface area contributed by atoms with Gasteiger partial charge in [0.25, 0.3) is 5.91 Å². The van der Waals surface area contributed by atoms with E-state index in [0.717, 1.165) is 56.4 Å². The Hall–Kier alpha value is -1.55. The maximum Gasteiger partial charge on any atom is 0.257 e. The van der Waals surface area contributed by atoms with Crippen molar-refractivity contribution < 1.29 is 9.53 Å². The largest absolute Gasteiger partial charge is 0.492 e. The number of carbonyl (C=O) groups is 1. The Bertz CT molecular complexity index is 608. The molecule has 2 aliphatic heterocycles. The Morgan fingerprint density at radius 3 is 2.54 bits per heavy atom. The first kappa shape index (κ1) is 17.8. The summed E-state index contributed by atoms with van der Waals surface area (Å²) in [6.07, 6.45) is 10.1. The molecular weight excluding hydrogens is 324 g/mol. The second-order valence-corrected chi connectivity index (χ2v) is 8.25. The lowest BCUT2D eigenvalue weighted by atomic mass is 9.88. The van der Waals surface area contributed by atoms with Crippen molar-refractivity contribution in [3.05, 3.63) is 29.8 Å². The van der Waals surface area contributed by atoms with E-state index < -0.39 is 0 Å². The highest BCUT2D eigenvalue weighted by atomic mass is 16.5. The van der Waals surface area contributed by atoms with Crippen LogP contribution in [0.1, 0.15) is 61.7 Å². The lowest BCUT2D eigenvalue weighted by Crippen LogP contribution is -2.46. The molecule has 1 saturated carbocycles. The molecule has 4 nitrogen and oxygen atoms in total. The summed E-state index contributed by atoms with van der Waals surface area (Å²) in [6.45, 7) is 4.91. The van der Waals surface area contributed by atoms with E-state index >= 15 is 0 Å². The van der Waals surface area contributed by atoms with Gasteiger partial charge in [0.1, 0.15) is 5.75 Å². The quantitative estimate of drug-likeness (QED) is 0.801. The number of amides is 1. The maximum atomic E-state index is 12.9. The average molecular weight is 357 g/mol. The summed E-state index contributed by atoms with van der Waals surface area (Å²) in [5.74, 6) is 1.49. The molecule has 1 aromatic carbocycles. The zero-order chi connectivity index (χ0) is 17.8. The number of para-hydroxylation sites is 1. The lowest BCUT2D eigenvalue weighted by molar-refractivity contribution is 0.0593. The third-order valence-corrected chi connectivity index (χ3v) is 6.38. The van der Waals surface area contributed by atoms with Crippen molar-refractivity contribution in [3.63, 3.8) is 0 Å². The molecule has 1 amide bonds. The SMILES string of the molecule is O=C(c1ccccc1OCC1CCCN(C2CCC2)C1)N1CCCCC1. The van der Waals surface area contributed by atoms with Crippen molar-refractivity contribution in [1.82, 2.24) is 9.80 Å². The molecule has 1 aliphatic carbocycles. The summed E-state index contributed by atoms with van der Waals surface area (Å²) in [7, 11) is 0. The van der Waals surface area contributed by atoms with E-state index in [0.29, 0.717) is 5.92 Å². The average Bonchev–Trinajstić information content (AvgIpc) is 2.66. The van der Waals surface area contributed by atoms with Crippen LogP contribution >= 0.6 is 0 Å². The standard InChI is InChI=1S/C22H32N2O2/c25-22(23-13-4-1-5-14-23)20-11-2-3-12-21(20)26-17-18-8-7-15-24(16-18)19-9-6-10-19/h2-3,11-12,18-19H,1,4-10,13-17H2. The first-order valence-corrected chi connectivity index (χ1v) is 10.6. The number of piperidine rings is 2. The predicted octanol–water partition coefficient (Wildman–Crippen LogP) is 3.96. The van der Waals surface area contributed by atoms with Crippen LogP contribution in [0.4, 0.5) is 0 Å². The Kier molecular flexibility index (Phi) is 5.78. The molecule has 2 saturated heterocycles. The van der Waals surface area contributed by atoms with E-state index in [1.54, 1.807) is 0 Å². The number of carbonyl (C=O) groups excluding carboxylic acids is 1. The highest BCUT2D eigenvalue weighted by Gasteiger charge is 2.30. The van der Waals surface area contributed by atoms with Crippen LogP contribution in [-0.2, 0) is 0 Å². The number of benzene rings is 1. The van der Waals surface area contributed by atoms with E-state index in [4.69, 9.17) is 4.74 Å². The van der Waals surface area contributed by atoms with Crippen LogP contribution in [0.5, 0.6) is 5.75 Å². The van der Waals surface area contributed by atoms with Gasteiger partial charge in [-0.15, -0.1) is 0 Å². The Balaban J connectivity index is 1.36. The molecule has 26 heavy (non-hydrogen) atoms. The van der Waals surface area contributed by atoms with Crippen molar-refractivity contribution in [2.75, 3.05) is 32.8 Å². The Morgan fingerprint density at radius 2 is 1.77 bits per heavy atom. The van der Waals surface area contributed by atoms with Gasteiger partial charge in [-0.1, -0.05) is 18.6 Å². The van der Waals surface area contributed by atoms with Gasteiger partial charge in [0.15, 0.2) is 0 Å². The molecule has 0 radical (unpaired) electrons. The highest BCUT2D eigenvalue weighted by molar-refractivity contribution is 5.97. The van der Waals surface area contributed by atoms with Crippen LogP contribution < -0.4 is 4.74 Å². The van der Waals surface area contributed by atoms with Crippen LogP contribution in [0.25, 0.3) is 0 Å². The third-order valence-electron chi connectivity index (χ3n) is 6.38. The number of rotatable bonds is 5. The molecule has 0 bridgehead atoms. The minimum Gasteiger partial charge on any atom is -0.492 e. The molecule has 4 rings (SSSR count). The molecule has 142 valence electrons. The van der Waals surface area contributed by atoms with Gasteiger partial charge in [0.2, 0.25) is 0 Å². The molecule has 1 atom stereocenters. The number of ether oxygens (including phenoxy) is 1. The number of nitrogens with zero attached hydrogens (tertiary/aromatic N) is 2. The van der Waals surface area contributed by atoms with Gasteiger partial charge in [-0.05, 0) is 63.6 Å². The number of hydrogen-bond acceptors (Lipinski definition) is 3. The van der Waals surface area contributed by atoms with Crippen LogP contribution in [0.3, 0.4) is 0 Å². The van der Waals surface area contributed by atoms with Crippen molar-refractivity contribution in [2.45, 2.75) is 57.4 Å². The summed E-state index contributed by atoms with van der Waals surface area (Å²) < 4.78 is 6.19. The topological polar surface area (TPSA) is 32.8 Å². The van der Waals surface area contributed by atoms with Gasteiger partial charge in [-0.25, -0.2) is 0 Å². The van der Waals surface area contributed by atoms with Gasteiger partial charge in [-0.3, -0.25) is 9.69 Å². The van der Waals surface area contributed by atoms with Crippen molar-refractivity contribution in [1.29, 1.82) is 0 Å². The number of likely N-dealkylation sites (tertiary alicyclic amines) is 2. The van der Waals surface area contributed by atoms with E-state index in [2.05, 4.69) is 4.90 Å². The first-order valence-electron chi connectivity index (χ1n) is 10.6. The lowest BCUT2D eigenvalue weighted by Gasteiger charge is -2.42. The third kappa shape index (κ3) is 4.06. The zero-order valence-corrected chi connectivity index (χ0v) is 15.9. The van der Waals surface area contributed by atoms with Crippen LogP contribution in [0.15, 0.2) is 24.3 Å². The monoisotopic (exact) mass is 356 g/mol. The van der Waals surface area contributed by atoms with Crippen LogP contribution in [-0.4, -0.2) is 54.5 Å². The Labute approximate surface area is 157 Å². The van der Waals surface area contributed by atoms with Crippen LogP contribution in [0, 0.1) is 5.92 Å². The summed E-state index contributed by atoms with van der Waals surface area (Å²) in [6, 6.07) is 8.63.